The van der Waals surface area contributed by atoms with Crippen LogP contribution in [0.1, 0.15) is 20.3 Å². The molecule has 72 valence electrons. The van der Waals surface area contributed by atoms with Crippen LogP contribution < -0.4 is 5.32 Å². The monoisotopic (exact) mass is 253 g/mol. The standard InChI is InChI=1S/C8H16BrNOS/c1-4-7(5-12-3)10-8(11)6(2)9/h6-7H,4-5H2,1-3H3,(H,10,11). The second-order valence-electron chi connectivity index (χ2n) is 2.69. The number of nitrogens with one attached hydrogen (secondary N) is 1. The van der Waals surface area contributed by atoms with E-state index in [0.717, 1.165) is 12.2 Å². The summed E-state index contributed by atoms with van der Waals surface area (Å²) in [5.41, 5.74) is 0. The van der Waals surface area contributed by atoms with Crippen molar-refractivity contribution in [3.8, 4) is 0 Å². The Morgan fingerprint density at radius 3 is 2.58 bits per heavy atom. The fraction of sp³-hybridized carbons (Fsp3) is 0.875. The van der Waals surface area contributed by atoms with E-state index in [-0.39, 0.29) is 10.7 Å². The van der Waals surface area contributed by atoms with E-state index in [9.17, 15) is 4.79 Å². The Labute approximate surface area is 87.0 Å². The van der Waals surface area contributed by atoms with Crippen LogP contribution in [0.2, 0.25) is 0 Å². The van der Waals surface area contributed by atoms with Crippen molar-refractivity contribution in [2.75, 3.05) is 12.0 Å². The second kappa shape index (κ2) is 6.78. The summed E-state index contributed by atoms with van der Waals surface area (Å²) in [6.45, 7) is 3.92. The summed E-state index contributed by atoms with van der Waals surface area (Å²) in [7, 11) is 0. The molecule has 0 saturated heterocycles. The van der Waals surface area contributed by atoms with E-state index < -0.39 is 0 Å². The van der Waals surface area contributed by atoms with Crippen molar-refractivity contribution in [2.45, 2.75) is 31.1 Å². The Morgan fingerprint density at radius 2 is 2.25 bits per heavy atom. The number of hydrogen-bond acceptors (Lipinski definition) is 2. The minimum Gasteiger partial charge on any atom is -0.352 e. The number of thioether (sulfide) groups is 1. The lowest BCUT2D eigenvalue weighted by molar-refractivity contribution is -0.120. The lowest BCUT2D eigenvalue weighted by Gasteiger charge is -2.16. The van der Waals surface area contributed by atoms with E-state index in [4.69, 9.17) is 0 Å². The Hall–Kier alpha value is 0.300. The van der Waals surface area contributed by atoms with Crippen LogP contribution in [0.4, 0.5) is 0 Å². The van der Waals surface area contributed by atoms with E-state index >= 15 is 0 Å². The summed E-state index contributed by atoms with van der Waals surface area (Å²) in [6, 6.07) is 0.312. The molecule has 1 N–H and O–H groups in total. The van der Waals surface area contributed by atoms with Gasteiger partial charge >= 0.3 is 0 Å². The van der Waals surface area contributed by atoms with E-state index in [0.29, 0.717) is 6.04 Å². The second-order valence-corrected chi connectivity index (χ2v) is 4.97. The molecule has 0 heterocycles. The van der Waals surface area contributed by atoms with E-state index in [2.05, 4.69) is 28.2 Å². The van der Waals surface area contributed by atoms with Crippen LogP contribution in [-0.4, -0.2) is 28.8 Å². The summed E-state index contributed by atoms with van der Waals surface area (Å²) in [5, 5.41) is 2.96. The molecular weight excluding hydrogens is 238 g/mol. The number of amides is 1. The zero-order chi connectivity index (χ0) is 9.56. The fourth-order valence-corrected chi connectivity index (χ4v) is 1.63. The highest BCUT2D eigenvalue weighted by Crippen LogP contribution is 2.03. The van der Waals surface area contributed by atoms with Gasteiger partial charge in [0.05, 0.1) is 4.83 Å². The van der Waals surface area contributed by atoms with Crippen molar-refractivity contribution >= 4 is 33.6 Å². The van der Waals surface area contributed by atoms with Gasteiger partial charge in [0.2, 0.25) is 5.91 Å². The van der Waals surface area contributed by atoms with Gasteiger partial charge in [-0.15, -0.1) is 0 Å². The molecule has 0 radical (unpaired) electrons. The SMILES string of the molecule is CCC(CSC)NC(=O)C(C)Br. The Morgan fingerprint density at radius 1 is 1.67 bits per heavy atom. The van der Waals surface area contributed by atoms with Crippen molar-refractivity contribution in [1.82, 2.24) is 5.32 Å². The van der Waals surface area contributed by atoms with Crippen LogP contribution in [0.25, 0.3) is 0 Å². The van der Waals surface area contributed by atoms with E-state index in [1.165, 1.54) is 0 Å². The minimum absolute atomic E-state index is 0.0795. The van der Waals surface area contributed by atoms with Crippen LogP contribution in [0.3, 0.4) is 0 Å². The summed E-state index contributed by atoms with van der Waals surface area (Å²) >= 11 is 4.99. The molecule has 0 saturated carbocycles. The smallest absolute Gasteiger partial charge is 0.233 e. The maximum atomic E-state index is 11.2. The highest BCUT2D eigenvalue weighted by molar-refractivity contribution is 9.10. The van der Waals surface area contributed by atoms with E-state index in [1.807, 2.05) is 13.2 Å². The average molecular weight is 254 g/mol. The first-order chi connectivity index (χ1) is 5.61. The first-order valence-electron chi connectivity index (χ1n) is 4.05. The Balaban J connectivity index is 3.77. The lowest BCUT2D eigenvalue weighted by atomic mass is 10.2. The molecule has 2 atom stereocenters. The molecule has 0 aromatic rings. The van der Waals surface area contributed by atoms with E-state index in [1.54, 1.807) is 11.8 Å². The number of carbonyl (C=O) groups is 1. The normalized spacial score (nSPS) is 15.3. The average Bonchev–Trinajstić information content (AvgIpc) is 2.03. The molecular formula is C8H16BrNOS. The maximum Gasteiger partial charge on any atom is 0.233 e. The highest BCUT2D eigenvalue weighted by Gasteiger charge is 2.12. The van der Waals surface area contributed by atoms with Crippen LogP contribution in [0.15, 0.2) is 0 Å². The molecule has 0 aliphatic heterocycles. The summed E-state index contributed by atoms with van der Waals surface area (Å²) in [5.74, 6) is 1.07. The first-order valence-corrected chi connectivity index (χ1v) is 6.36. The molecule has 0 spiro atoms. The van der Waals surface area contributed by atoms with Gasteiger partial charge in [-0.2, -0.15) is 11.8 Å². The van der Waals surface area contributed by atoms with Crippen LogP contribution in [-0.2, 0) is 4.79 Å². The van der Waals surface area contributed by atoms with Gasteiger partial charge in [0.15, 0.2) is 0 Å². The topological polar surface area (TPSA) is 29.1 Å². The molecule has 0 aromatic carbocycles. The zero-order valence-electron chi connectivity index (χ0n) is 7.76. The number of hydrogen-bond donors (Lipinski definition) is 1. The van der Waals surface area contributed by atoms with Gasteiger partial charge in [-0.1, -0.05) is 22.9 Å². The van der Waals surface area contributed by atoms with Gasteiger partial charge < -0.3 is 5.32 Å². The first kappa shape index (κ1) is 12.3. The molecule has 2 nitrogen and oxygen atoms in total. The van der Waals surface area contributed by atoms with Crippen molar-refractivity contribution in [2.24, 2.45) is 0 Å². The molecule has 0 aliphatic rings. The van der Waals surface area contributed by atoms with Crippen molar-refractivity contribution < 1.29 is 4.79 Å². The number of carbonyl (C=O) groups excluding carboxylic acids is 1. The molecule has 4 heteroatoms. The predicted octanol–water partition coefficient (Wildman–Crippen LogP) is 2.03. The molecule has 2 unspecified atom stereocenters. The predicted molar refractivity (Wildman–Crippen MR) is 59.0 cm³/mol. The largest absolute Gasteiger partial charge is 0.352 e. The number of alkyl halides is 1. The van der Waals surface area contributed by atoms with Gasteiger partial charge in [0.1, 0.15) is 0 Å². The van der Waals surface area contributed by atoms with Gasteiger partial charge in [-0.25, -0.2) is 0 Å². The zero-order valence-corrected chi connectivity index (χ0v) is 10.2. The molecule has 1 amide bonds. The third kappa shape index (κ3) is 5.04. The van der Waals surface area contributed by atoms with Crippen molar-refractivity contribution in [1.29, 1.82) is 0 Å². The molecule has 0 rings (SSSR count). The Kier molecular flexibility index (Phi) is 6.95. The quantitative estimate of drug-likeness (QED) is 0.760. The van der Waals surface area contributed by atoms with Gasteiger partial charge in [-0.3, -0.25) is 4.79 Å². The molecule has 0 fully saturated rings. The summed E-state index contributed by atoms with van der Waals surface area (Å²) in [4.78, 5) is 11.1. The molecule has 0 bridgehead atoms. The van der Waals surface area contributed by atoms with Crippen LogP contribution >= 0.6 is 27.7 Å². The minimum atomic E-state index is -0.0894. The van der Waals surface area contributed by atoms with Gasteiger partial charge in [0, 0.05) is 11.8 Å². The summed E-state index contributed by atoms with van der Waals surface area (Å²) < 4.78 is 0. The van der Waals surface area contributed by atoms with Crippen molar-refractivity contribution in [3.05, 3.63) is 0 Å². The molecule has 0 aromatic heterocycles. The molecule has 0 aliphatic carbocycles. The third-order valence-corrected chi connectivity index (χ3v) is 2.72. The van der Waals surface area contributed by atoms with Crippen LogP contribution in [0, 0.1) is 0 Å². The third-order valence-electron chi connectivity index (χ3n) is 1.57. The van der Waals surface area contributed by atoms with Gasteiger partial charge in [0.25, 0.3) is 0 Å². The summed E-state index contributed by atoms with van der Waals surface area (Å²) in [6.07, 6.45) is 3.04. The fourth-order valence-electron chi connectivity index (χ4n) is 0.779. The highest BCUT2D eigenvalue weighted by atomic mass is 79.9. The maximum absolute atomic E-state index is 11.2. The lowest BCUT2D eigenvalue weighted by Crippen LogP contribution is -2.39. The van der Waals surface area contributed by atoms with Crippen molar-refractivity contribution in [3.63, 3.8) is 0 Å². The Bertz CT molecular complexity index is 141. The van der Waals surface area contributed by atoms with Crippen LogP contribution in [0.5, 0.6) is 0 Å². The molecule has 12 heavy (non-hydrogen) atoms. The van der Waals surface area contributed by atoms with Gasteiger partial charge in [-0.05, 0) is 19.6 Å². The number of rotatable bonds is 5. The number of halogens is 1.